The maximum Gasteiger partial charge on any atom is 0.0587 e. The summed E-state index contributed by atoms with van der Waals surface area (Å²) in [6, 6.07) is 0. The predicted molar refractivity (Wildman–Crippen MR) is 69.9 cm³/mol. The molecule has 15 heavy (non-hydrogen) atoms. The van der Waals surface area contributed by atoms with Crippen LogP contribution in [0, 0.1) is 0 Å². The average molecular weight is 204 g/mol. The summed E-state index contributed by atoms with van der Waals surface area (Å²) >= 11 is 0. The van der Waals surface area contributed by atoms with Crippen molar-refractivity contribution in [3.63, 3.8) is 0 Å². The molecule has 0 unspecified atom stereocenters. The van der Waals surface area contributed by atoms with Gasteiger partial charge in [-0.3, -0.25) is 9.98 Å². The monoisotopic (exact) mass is 204 g/mol. The molecule has 0 aliphatic rings. The molecule has 0 rings (SSSR count). The molecule has 0 heterocycles. The summed E-state index contributed by atoms with van der Waals surface area (Å²) in [5.74, 6) is 0. The summed E-state index contributed by atoms with van der Waals surface area (Å²) < 4.78 is 0. The van der Waals surface area contributed by atoms with Gasteiger partial charge in [-0.2, -0.15) is 0 Å². The molecule has 2 heteroatoms. The van der Waals surface area contributed by atoms with Crippen molar-refractivity contribution < 1.29 is 0 Å². The summed E-state index contributed by atoms with van der Waals surface area (Å²) in [4.78, 5) is 8.21. The second kappa shape index (κ2) is 6.93. The highest BCUT2D eigenvalue weighted by Gasteiger charge is 1.92. The summed E-state index contributed by atoms with van der Waals surface area (Å²) in [7, 11) is 1.75. The largest absolute Gasteiger partial charge is 0.292 e. The Morgan fingerprint density at radius 2 is 1.67 bits per heavy atom. The lowest BCUT2D eigenvalue weighted by Crippen LogP contribution is -1.92. The van der Waals surface area contributed by atoms with Crippen LogP contribution < -0.4 is 0 Å². The van der Waals surface area contributed by atoms with E-state index in [1.54, 1.807) is 13.3 Å². The van der Waals surface area contributed by atoms with Crippen molar-refractivity contribution in [3.8, 4) is 0 Å². The van der Waals surface area contributed by atoms with Crippen LogP contribution in [0.5, 0.6) is 0 Å². The molecule has 0 spiro atoms. The minimum Gasteiger partial charge on any atom is -0.292 e. The van der Waals surface area contributed by atoms with Crippen LogP contribution in [-0.4, -0.2) is 19.0 Å². The highest BCUT2D eigenvalue weighted by molar-refractivity contribution is 6.29. The summed E-state index contributed by atoms with van der Waals surface area (Å²) in [5.41, 5.74) is 4.00. The Hall–Kier alpha value is -1.44. The number of allylic oxidation sites excluding steroid dienone is 4. The molecule has 0 aromatic heterocycles. The lowest BCUT2D eigenvalue weighted by molar-refractivity contribution is 1.30. The molecular weight excluding hydrogens is 184 g/mol. The first kappa shape index (κ1) is 13.6. The van der Waals surface area contributed by atoms with E-state index >= 15 is 0 Å². The third-order valence-electron chi connectivity index (χ3n) is 1.88. The molecule has 0 aromatic rings. The molecule has 0 amide bonds. The number of rotatable bonds is 4. The van der Waals surface area contributed by atoms with Crippen molar-refractivity contribution in [2.24, 2.45) is 9.98 Å². The fraction of sp³-hybridized carbons (Fsp3) is 0.385. The Balaban J connectivity index is 4.54. The quantitative estimate of drug-likeness (QED) is 0.494. The normalized spacial score (nSPS) is 13.1. The summed E-state index contributed by atoms with van der Waals surface area (Å²) in [5, 5.41) is 0. The minimum absolute atomic E-state index is 0.774. The van der Waals surface area contributed by atoms with E-state index in [4.69, 9.17) is 0 Å². The fourth-order valence-corrected chi connectivity index (χ4v) is 0.719. The van der Waals surface area contributed by atoms with Crippen molar-refractivity contribution >= 4 is 11.9 Å². The number of aliphatic imine (C=N–C) groups is 2. The van der Waals surface area contributed by atoms with Crippen LogP contribution in [0.2, 0.25) is 0 Å². The molecule has 0 bridgehead atoms. The van der Waals surface area contributed by atoms with Crippen LogP contribution in [0.4, 0.5) is 0 Å². The molecule has 0 aliphatic heterocycles. The van der Waals surface area contributed by atoms with Gasteiger partial charge in [-0.15, -0.1) is 0 Å². The van der Waals surface area contributed by atoms with E-state index in [1.807, 2.05) is 19.9 Å². The lowest BCUT2D eigenvalue weighted by Gasteiger charge is -1.98. The maximum absolute atomic E-state index is 4.22. The Morgan fingerprint density at radius 1 is 1.07 bits per heavy atom. The molecule has 2 nitrogen and oxygen atoms in total. The highest BCUT2D eigenvalue weighted by Crippen LogP contribution is 2.08. The van der Waals surface area contributed by atoms with Crippen LogP contribution in [-0.2, 0) is 0 Å². The molecule has 0 aromatic carbocycles. The first-order valence-electron chi connectivity index (χ1n) is 4.96. The molecule has 0 atom stereocenters. The number of nitrogens with zero attached hydrogens (tertiary/aromatic N) is 2. The Bertz CT molecular complexity index is 338. The molecular formula is C13H20N2. The van der Waals surface area contributed by atoms with Crippen molar-refractivity contribution in [2.45, 2.75) is 27.7 Å². The fourth-order valence-electron chi connectivity index (χ4n) is 0.719. The van der Waals surface area contributed by atoms with Gasteiger partial charge in [0.1, 0.15) is 0 Å². The first-order valence-corrected chi connectivity index (χ1v) is 4.96. The Morgan fingerprint density at radius 3 is 2.13 bits per heavy atom. The van der Waals surface area contributed by atoms with Gasteiger partial charge >= 0.3 is 0 Å². The highest BCUT2D eigenvalue weighted by atomic mass is 14.8. The van der Waals surface area contributed by atoms with Gasteiger partial charge in [0.25, 0.3) is 0 Å². The van der Waals surface area contributed by atoms with Gasteiger partial charge in [0.05, 0.1) is 5.70 Å². The van der Waals surface area contributed by atoms with Gasteiger partial charge in [-0.05, 0) is 33.3 Å². The van der Waals surface area contributed by atoms with E-state index in [0.29, 0.717) is 0 Å². The van der Waals surface area contributed by atoms with E-state index in [9.17, 15) is 0 Å². The molecule has 0 aliphatic carbocycles. The maximum atomic E-state index is 4.22. The van der Waals surface area contributed by atoms with Crippen LogP contribution >= 0.6 is 0 Å². The van der Waals surface area contributed by atoms with Crippen LogP contribution in [0.15, 0.2) is 45.6 Å². The van der Waals surface area contributed by atoms with Gasteiger partial charge in [0, 0.05) is 19.0 Å². The molecule has 0 saturated heterocycles. The zero-order chi connectivity index (χ0) is 11.8. The van der Waals surface area contributed by atoms with Gasteiger partial charge < -0.3 is 0 Å². The zero-order valence-corrected chi connectivity index (χ0v) is 10.3. The van der Waals surface area contributed by atoms with E-state index in [-0.39, 0.29) is 0 Å². The summed E-state index contributed by atoms with van der Waals surface area (Å²) in [6.07, 6.45) is 5.80. The second-order valence-electron chi connectivity index (χ2n) is 3.66. The molecule has 0 saturated carbocycles. The number of hydrogen-bond acceptors (Lipinski definition) is 2. The van der Waals surface area contributed by atoms with Crippen LogP contribution in [0.1, 0.15) is 27.7 Å². The van der Waals surface area contributed by atoms with Crippen LogP contribution in [0.3, 0.4) is 0 Å². The van der Waals surface area contributed by atoms with E-state index in [1.165, 1.54) is 5.57 Å². The third-order valence-corrected chi connectivity index (χ3v) is 1.88. The van der Waals surface area contributed by atoms with Crippen molar-refractivity contribution in [3.05, 3.63) is 35.6 Å². The average Bonchev–Trinajstić information content (AvgIpc) is 2.21. The molecule has 0 fully saturated rings. The minimum atomic E-state index is 0.774. The molecule has 82 valence electrons. The zero-order valence-electron chi connectivity index (χ0n) is 10.3. The van der Waals surface area contributed by atoms with Crippen molar-refractivity contribution in [2.75, 3.05) is 7.05 Å². The smallest absolute Gasteiger partial charge is 0.0587 e. The van der Waals surface area contributed by atoms with E-state index in [2.05, 4.69) is 36.5 Å². The third kappa shape index (κ3) is 6.61. The van der Waals surface area contributed by atoms with E-state index < -0.39 is 0 Å². The lowest BCUT2D eigenvalue weighted by atomic mass is 10.2. The van der Waals surface area contributed by atoms with Gasteiger partial charge in [-0.25, -0.2) is 0 Å². The Labute approximate surface area is 92.8 Å². The number of hydrogen-bond donors (Lipinski definition) is 0. The van der Waals surface area contributed by atoms with Gasteiger partial charge in [-0.1, -0.05) is 24.3 Å². The standard InChI is InChI=1S/C13H20N2/c1-10(2)7-8-11(3)13(5)15-9-12(4)14-6/h7-9H,5H2,1-4,6H3. The summed E-state index contributed by atoms with van der Waals surface area (Å²) in [6.45, 7) is 11.9. The van der Waals surface area contributed by atoms with Gasteiger partial charge in [0.15, 0.2) is 0 Å². The topological polar surface area (TPSA) is 24.7 Å². The van der Waals surface area contributed by atoms with Gasteiger partial charge in [0.2, 0.25) is 0 Å². The van der Waals surface area contributed by atoms with Crippen molar-refractivity contribution in [1.82, 2.24) is 0 Å². The Kier molecular flexibility index (Phi) is 6.27. The molecule has 0 radical (unpaired) electrons. The molecule has 0 N–H and O–H groups in total. The van der Waals surface area contributed by atoms with Crippen LogP contribution in [0.25, 0.3) is 0 Å². The first-order chi connectivity index (χ1) is 6.97. The predicted octanol–water partition coefficient (Wildman–Crippen LogP) is 3.57. The van der Waals surface area contributed by atoms with Crippen molar-refractivity contribution in [1.29, 1.82) is 0 Å². The second-order valence-corrected chi connectivity index (χ2v) is 3.66. The SMILES string of the molecule is C=C(N=CC(C)=NC)C(C)=CC=C(C)C. The van der Waals surface area contributed by atoms with E-state index in [0.717, 1.165) is 17.0 Å².